The summed E-state index contributed by atoms with van der Waals surface area (Å²) in [4.78, 5) is 27.5. The topological polar surface area (TPSA) is 79.9 Å². The average Bonchev–Trinajstić information content (AvgIpc) is 3.53. The van der Waals surface area contributed by atoms with Gasteiger partial charge in [-0.1, -0.05) is 18.2 Å². The van der Waals surface area contributed by atoms with E-state index in [0.717, 1.165) is 42.9 Å². The number of nitrogens with one attached hydrogen (secondary N) is 2. The minimum absolute atomic E-state index is 0.376. The van der Waals surface area contributed by atoms with E-state index >= 15 is 0 Å². The van der Waals surface area contributed by atoms with Crippen LogP contribution >= 0.6 is 0 Å². The van der Waals surface area contributed by atoms with Crippen LogP contribution in [0.25, 0.3) is 11.1 Å². The number of benzene rings is 2. The van der Waals surface area contributed by atoms with Crippen LogP contribution in [0.4, 0.5) is 5.69 Å². The third-order valence-corrected chi connectivity index (χ3v) is 6.69. The van der Waals surface area contributed by atoms with Crippen LogP contribution in [0, 0.1) is 0 Å². The van der Waals surface area contributed by atoms with Crippen molar-refractivity contribution in [3.8, 4) is 0 Å². The number of fused-ring (bicyclic) bond motifs is 1. The highest BCUT2D eigenvalue weighted by Gasteiger charge is 2.28. The maximum absolute atomic E-state index is 12.7. The number of carbonyl (C=O) groups is 2. The number of imide groups is 1. The van der Waals surface area contributed by atoms with Gasteiger partial charge in [-0.2, -0.15) is 0 Å². The van der Waals surface area contributed by atoms with Gasteiger partial charge in [0.1, 0.15) is 0 Å². The lowest BCUT2D eigenvalue weighted by Crippen LogP contribution is -2.36. The van der Waals surface area contributed by atoms with Gasteiger partial charge in [-0.3, -0.25) is 19.8 Å². The molecule has 7 heteroatoms. The van der Waals surface area contributed by atoms with Gasteiger partial charge in [0.25, 0.3) is 11.8 Å². The van der Waals surface area contributed by atoms with Gasteiger partial charge in [-0.05, 0) is 60.4 Å². The van der Waals surface area contributed by atoms with Crippen molar-refractivity contribution in [1.29, 1.82) is 0 Å². The Balaban J connectivity index is 1.33. The summed E-state index contributed by atoms with van der Waals surface area (Å²) in [5.41, 5.74) is 5.69. The minimum atomic E-state index is -0.409. The molecule has 3 aliphatic heterocycles. The summed E-state index contributed by atoms with van der Waals surface area (Å²) in [6, 6.07) is 14.3. The predicted molar refractivity (Wildman–Crippen MR) is 131 cm³/mol. The van der Waals surface area contributed by atoms with E-state index in [1.807, 2.05) is 24.3 Å². The molecule has 1 saturated heterocycles. The van der Waals surface area contributed by atoms with Gasteiger partial charge >= 0.3 is 0 Å². The summed E-state index contributed by atoms with van der Waals surface area (Å²) in [5.74, 6) is -0.785. The van der Waals surface area contributed by atoms with Crippen molar-refractivity contribution >= 4 is 28.6 Å². The molecule has 3 heterocycles. The second-order valence-corrected chi connectivity index (χ2v) is 8.93. The first kappa shape index (κ1) is 22.4. The van der Waals surface area contributed by atoms with E-state index in [0.29, 0.717) is 29.3 Å². The summed E-state index contributed by atoms with van der Waals surface area (Å²) < 4.78 is 10.7. The summed E-state index contributed by atoms with van der Waals surface area (Å²) >= 11 is 0. The molecule has 2 amide bonds. The number of anilines is 1. The standard InChI is InChI=1S/C27H29N3O4/c1-33-17-22-3-2-11-30(22)15-18-4-7-21(8-5-18)28-14-25-24-13-19(20-10-12-34-16-20)6-9-23(24)26(31)29-27(25)32/h4-9,13-14,16,22,28H,2-3,10-12,15,17H2,1H3,(H,29,31,32)/b25-14-/t22-/m0/s1. The highest BCUT2D eigenvalue weighted by molar-refractivity contribution is 6.31. The number of hydrogen-bond acceptors (Lipinski definition) is 6. The monoisotopic (exact) mass is 459 g/mol. The maximum Gasteiger partial charge on any atom is 0.260 e. The fourth-order valence-electron chi connectivity index (χ4n) is 4.85. The molecule has 0 aliphatic carbocycles. The van der Waals surface area contributed by atoms with E-state index in [1.54, 1.807) is 25.6 Å². The van der Waals surface area contributed by atoms with Crippen LogP contribution in [0.1, 0.15) is 46.3 Å². The van der Waals surface area contributed by atoms with Crippen LogP contribution in [-0.4, -0.2) is 49.6 Å². The van der Waals surface area contributed by atoms with E-state index in [2.05, 4.69) is 27.7 Å². The molecule has 1 fully saturated rings. The second-order valence-electron chi connectivity index (χ2n) is 8.93. The molecule has 5 rings (SSSR count). The molecular formula is C27H29N3O4. The number of hydrogen-bond donors (Lipinski definition) is 2. The van der Waals surface area contributed by atoms with Crippen LogP contribution < -0.4 is 10.6 Å². The molecule has 2 N–H and O–H groups in total. The lowest BCUT2D eigenvalue weighted by Gasteiger charge is -2.23. The highest BCUT2D eigenvalue weighted by Crippen LogP contribution is 2.30. The number of nitrogens with zero attached hydrogens (tertiary/aromatic N) is 1. The molecule has 0 saturated carbocycles. The number of likely N-dealkylation sites (tertiary alicyclic amines) is 1. The van der Waals surface area contributed by atoms with E-state index in [-0.39, 0.29) is 5.91 Å². The molecule has 1 atom stereocenters. The minimum Gasteiger partial charge on any atom is -0.501 e. The van der Waals surface area contributed by atoms with Crippen molar-refractivity contribution in [1.82, 2.24) is 10.2 Å². The SMILES string of the molecule is COC[C@@H]1CCCN1Cc1ccc(N/C=C2\C(=O)NC(=O)c3ccc(C4=COCC4)cc32)cc1. The number of carbonyl (C=O) groups excluding carboxylic acids is 2. The van der Waals surface area contributed by atoms with E-state index in [4.69, 9.17) is 9.47 Å². The fraction of sp³-hybridized carbons (Fsp3) is 0.333. The molecule has 0 unspecified atom stereocenters. The third kappa shape index (κ3) is 4.62. The Hall–Kier alpha value is -3.42. The molecule has 2 aromatic carbocycles. The van der Waals surface area contributed by atoms with E-state index < -0.39 is 5.91 Å². The Kier molecular flexibility index (Phi) is 6.47. The lowest BCUT2D eigenvalue weighted by molar-refractivity contribution is -0.114. The number of amides is 2. The van der Waals surface area contributed by atoms with Gasteiger partial charge in [0.15, 0.2) is 0 Å². The van der Waals surface area contributed by atoms with Gasteiger partial charge < -0.3 is 14.8 Å². The number of methoxy groups -OCH3 is 1. The van der Waals surface area contributed by atoms with Gasteiger partial charge in [-0.25, -0.2) is 0 Å². The number of rotatable bonds is 7. The van der Waals surface area contributed by atoms with Crippen molar-refractivity contribution in [3.05, 3.63) is 77.2 Å². The summed E-state index contributed by atoms with van der Waals surface area (Å²) in [5, 5.41) is 5.67. The van der Waals surface area contributed by atoms with Crippen molar-refractivity contribution in [2.24, 2.45) is 0 Å². The van der Waals surface area contributed by atoms with Crippen LogP contribution in [0.3, 0.4) is 0 Å². The smallest absolute Gasteiger partial charge is 0.260 e. The van der Waals surface area contributed by atoms with Crippen LogP contribution in [0.15, 0.2) is 54.9 Å². The van der Waals surface area contributed by atoms with Crippen LogP contribution in [-0.2, 0) is 20.8 Å². The fourth-order valence-corrected chi connectivity index (χ4v) is 4.85. The molecule has 176 valence electrons. The highest BCUT2D eigenvalue weighted by atomic mass is 16.5. The molecule has 7 nitrogen and oxygen atoms in total. The maximum atomic E-state index is 12.7. The first-order valence-electron chi connectivity index (χ1n) is 11.7. The first-order valence-corrected chi connectivity index (χ1v) is 11.7. The molecule has 0 bridgehead atoms. The Morgan fingerprint density at radius 1 is 1.15 bits per heavy atom. The summed E-state index contributed by atoms with van der Waals surface area (Å²) in [7, 11) is 1.76. The zero-order valence-electron chi connectivity index (χ0n) is 19.3. The van der Waals surface area contributed by atoms with Crippen molar-refractivity contribution in [2.45, 2.75) is 31.8 Å². The summed E-state index contributed by atoms with van der Waals surface area (Å²) in [6.45, 7) is 3.41. The molecule has 2 aromatic rings. The van der Waals surface area contributed by atoms with E-state index in [1.165, 1.54) is 18.4 Å². The van der Waals surface area contributed by atoms with Crippen molar-refractivity contribution < 1.29 is 19.1 Å². The Labute approximate surface area is 199 Å². The van der Waals surface area contributed by atoms with Gasteiger partial charge in [0.2, 0.25) is 0 Å². The third-order valence-electron chi connectivity index (χ3n) is 6.69. The van der Waals surface area contributed by atoms with Gasteiger partial charge in [0.05, 0.1) is 25.0 Å². The molecule has 0 aromatic heterocycles. The van der Waals surface area contributed by atoms with Gasteiger partial charge in [-0.15, -0.1) is 0 Å². The largest absolute Gasteiger partial charge is 0.501 e. The first-order chi connectivity index (χ1) is 16.6. The molecule has 3 aliphatic rings. The lowest BCUT2D eigenvalue weighted by atomic mass is 9.91. The Morgan fingerprint density at radius 2 is 2.00 bits per heavy atom. The normalized spacial score (nSPS) is 21.3. The molecule has 34 heavy (non-hydrogen) atoms. The van der Waals surface area contributed by atoms with Crippen LogP contribution in [0.2, 0.25) is 0 Å². The Morgan fingerprint density at radius 3 is 2.76 bits per heavy atom. The summed E-state index contributed by atoms with van der Waals surface area (Å²) in [6.07, 6.45) is 6.62. The van der Waals surface area contributed by atoms with E-state index in [9.17, 15) is 9.59 Å². The van der Waals surface area contributed by atoms with Crippen LogP contribution in [0.5, 0.6) is 0 Å². The number of ether oxygens (including phenoxy) is 2. The molecular weight excluding hydrogens is 430 g/mol. The second kappa shape index (κ2) is 9.83. The zero-order valence-corrected chi connectivity index (χ0v) is 19.3. The van der Waals surface area contributed by atoms with Gasteiger partial charge in [0, 0.05) is 49.1 Å². The predicted octanol–water partition coefficient (Wildman–Crippen LogP) is 3.78. The Bertz CT molecular complexity index is 1150. The van der Waals surface area contributed by atoms with Crippen molar-refractivity contribution in [2.75, 3.05) is 32.2 Å². The average molecular weight is 460 g/mol. The molecule has 0 spiro atoms. The van der Waals surface area contributed by atoms with Crippen molar-refractivity contribution in [3.63, 3.8) is 0 Å². The zero-order chi connectivity index (χ0) is 23.5. The quantitative estimate of drug-likeness (QED) is 0.485. The molecule has 0 radical (unpaired) electrons.